The van der Waals surface area contributed by atoms with Crippen LogP contribution in [-0.2, 0) is 0 Å². The molecule has 0 radical (unpaired) electrons. The molecule has 0 heterocycles. The fourth-order valence-corrected chi connectivity index (χ4v) is 6.76. The molecule has 0 bridgehead atoms. The molecular weight excluding hydrogens is 320 g/mol. The van der Waals surface area contributed by atoms with Gasteiger partial charge in [0.1, 0.15) is 0 Å². The molecule has 0 saturated carbocycles. The highest BCUT2D eigenvalue weighted by Crippen LogP contribution is 2.64. The van der Waals surface area contributed by atoms with Crippen LogP contribution >= 0.6 is 10.0 Å². The summed E-state index contributed by atoms with van der Waals surface area (Å²) in [5.74, 6) is 1.23. The number of allylic oxidation sites excluding steroid dienone is 8. The fraction of sp³-hybridized carbons (Fsp3) is 0.333. The van der Waals surface area contributed by atoms with Crippen LogP contribution in [-0.4, -0.2) is 5.75 Å². The number of hydrogen-bond donors (Lipinski definition) is 0. The van der Waals surface area contributed by atoms with Crippen LogP contribution in [0.2, 0.25) is 0 Å². The van der Waals surface area contributed by atoms with Crippen LogP contribution < -0.4 is 0 Å². The molecule has 0 N–H and O–H groups in total. The predicted octanol–water partition coefficient (Wildman–Crippen LogP) is 7.92. The van der Waals surface area contributed by atoms with Crippen LogP contribution in [0, 0.1) is 0 Å². The van der Waals surface area contributed by atoms with E-state index in [1.165, 1.54) is 42.8 Å². The van der Waals surface area contributed by atoms with Crippen LogP contribution in [0.5, 0.6) is 0 Å². The van der Waals surface area contributed by atoms with E-state index in [1.54, 1.807) is 4.91 Å². The van der Waals surface area contributed by atoms with Gasteiger partial charge < -0.3 is 0 Å². The standard InChI is InChI=1S/C24H32S/c1-3-5-7-10-16-22-25(21-6-4-2,24-19-14-11-15-20-24)23-17-12-8-9-13-18-23/h3,5,7,10-12,14-20,22H,4,6,8-9,13,21H2,1-2H3/b5-3-,10-7-,22-16+. The summed E-state index contributed by atoms with van der Waals surface area (Å²) >= 11 is 0. The smallest absolute Gasteiger partial charge is 0.00239 e. The molecular formula is C24H32S. The molecule has 1 atom stereocenters. The second-order valence-corrected chi connectivity index (χ2v) is 9.55. The molecule has 1 aliphatic rings. The second-order valence-electron chi connectivity index (χ2n) is 6.34. The normalized spacial score (nSPS) is 19.2. The van der Waals surface area contributed by atoms with Gasteiger partial charge in [0.15, 0.2) is 0 Å². The average molecular weight is 353 g/mol. The highest BCUT2D eigenvalue weighted by molar-refractivity contribution is 8.39. The Kier molecular flexibility index (Phi) is 8.62. The molecule has 2 rings (SSSR count). The van der Waals surface area contributed by atoms with Gasteiger partial charge in [0.05, 0.1) is 0 Å². The first-order chi connectivity index (χ1) is 12.3. The summed E-state index contributed by atoms with van der Waals surface area (Å²) in [6, 6.07) is 11.1. The Balaban J connectivity index is 2.50. The Hall–Kier alpha value is -1.73. The largest absolute Gasteiger partial charge is 0.167 e. The van der Waals surface area contributed by atoms with Gasteiger partial charge in [0.2, 0.25) is 0 Å². The van der Waals surface area contributed by atoms with Gasteiger partial charge in [-0.25, -0.2) is 0 Å². The zero-order valence-corrected chi connectivity index (χ0v) is 16.6. The molecule has 25 heavy (non-hydrogen) atoms. The van der Waals surface area contributed by atoms with E-state index in [0.29, 0.717) is 0 Å². The van der Waals surface area contributed by atoms with Crippen molar-refractivity contribution in [3.63, 3.8) is 0 Å². The van der Waals surface area contributed by atoms with Gasteiger partial charge >= 0.3 is 0 Å². The monoisotopic (exact) mass is 352 g/mol. The molecule has 0 fully saturated rings. The van der Waals surface area contributed by atoms with Gasteiger partial charge in [-0.15, -0.1) is 0 Å². The molecule has 0 nitrogen and oxygen atoms in total. The maximum atomic E-state index is 2.50. The van der Waals surface area contributed by atoms with Crippen molar-refractivity contribution in [1.82, 2.24) is 0 Å². The number of unbranched alkanes of at least 4 members (excludes halogenated alkanes) is 1. The molecule has 1 aromatic carbocycles. The first-order valence-electron chi connectivity index (χ1n) is 9.52. The van der Waals surface area contributed by atoms with Crippen molar-refractivity contribution in [1.29, 1.82) is 0 Å². The van der Waals surface area contributed by atoms with E-state index in [1.807, 2.05) is 0 Å². The minimum atomic E-state index is -1.13. The van der Waals surface area contributed by atoms with E-state index < -0.39 is 10.0 Å². The summed E-state index contributed by atoms with van der Waals surface area (Å²) in [6.07, 6.45) is 24.1. The lowest BCUT2D eigenvalue weighted by atomic mass is 10.2. The second kappa shape index (κ2) is 11.0. The van der Waals surface area contributed by atoms with E-state index in [4.69, 9.17) is 0 Å². The molecule has 0 spiro atoms. The molecule has 134 valence electrons. The lowest BCUT2D eigenvalue weighted by molar-refractivity contribution is 0.875. The highest BCUT2D eigenvalue weighted by Gasteiger charge is 2.26. The molecule has 0 aromatic heterocycles. The van der Waals surface area contributed by atoms with Crippen molar-refractivity contribution in [2.75, 3.05) is 5.75 Å². The number of rotatable bonds is 8. The fourth-order valence-electron chi connectivity index (χ4n) is 3.07. The molecule has 0 amide bonds. The summed E-state index contributed by atoms with van der Waals surface area (Å²) in [6.45, 7) is 4.35. The zero-order chi connectivity index (χ0) is 17.8. The number of hydrogen-bond acceptors (Lipinski definition) is 0. The summed E-state index contributed by atoms with van der Waals surface area (Å²) in [5.41, 5.74) is 0. The van der Waals surface area contributed by atoms with Crippen LogP contribution in [0.4, 0.5) is 0 Å². The average Bonchev–Trinajstić information content (AvgIpc) is 2.95. The van der Waals surface area contributed by atoms with Crippen molar-refractivity contribution in [2.45, 2.75) is 50.8 Å². The quantitative estimate of drug-likeness (QED) is 0.417. The van der Waals surface area contributed by atoms with Crippen molar-refractivity contribution in [2.24, 2.45) is 0 Å². The van der Waals surface area contributed by atoms with Crippen molar-refractivity contribution < 1.29 is 0 Å². The Labute approximate surface area is 156 Å². The van der Waals surface area contributed by atoms with Crippen LogP contribution in [0.25, 0.3) is 0 Å². The number of benzene rings is 1. The van der Waals surface area contributed by atoms with Crippen LogP contribution in [0.15, 0.2) is 94.1 Å². The summed E-state index contributed by atoms with van der Waals surface area (Å²) in [5, 5.41) is 2.50. The van der Waals surface area contributed by atoms with Crippen molar-refractivity contribution in [3.8, 4) is 0 Å². The third-order valence-electron chi connectivity index (χ3n) is 4.44. The van der Waals surface area contributed by atoms with E-state index in [0.717, 1.165) is 0 Å². The van der Waals surface area contributed by atoms with E-state index in [-0.39, 0.29) is 0 Å². The topological polar surface area (TPSA) is 0 Å². The molecule has 1 aromatic rings. The maximum absolute atomic E-state index is 2.50. The Morgan fingerprint density at radius 1 is 1.00 bits per heavy atom. The van der Waals surface area contributed by atoms with Gasteiger partial charge in [-0.2, -0.15) is 10.0 Å². The molecule has 0 saturated heterocycles. The Morgan fingerprint density at radius 3 is 2.56 bits per heavy atom. The van der Waals surface area contributed by atoms with Gasteiger partial charge in [0, 0.05) is 0 Å². The van der Waals surface area contributed by atoms with Crippen molar-refractivity contribution >= 4 is 10.0 Å². The lowest BCUT2D eigenvalue weighted by Gasteiger charge is -2.39. The third kappa shape index (κ3) is 5.64. The SMILES string of the molecule is C\C=C/C=C\C=C\S(CCCC)(C1=CCCCC=C1)c1ccccc1. The first-order valence-corrected chi connectivity index (χ1v) is 11.4. The van der Waals surface area contributed by atoms with Crippen molar-refractivity contribution in [3.05, 3.63) is 89.3 Å². The highest BCUT2D eigenvalue weighted by atomic mass is 32.3. The summed E-state index contributed by atoms with van der Waals surface area (Å²) in [4.78, 5) is 3.03. The minimum absolute atomic E-state index is 1.13. The molecule has 0 aliphatic heterocycles. The Morgan fingerprint density at radius 2 is 1.80 bits per heavy atom. The molecule has 1 heteroatoms. The van der Waals surface area contributed by atoms with E-state index >= 15 is 0 Å². The van der Waals surface area contributed by atoms with Crippen LogP contribution in [0.1, 0.15) is 46.0 Å². The predicted molar refractivity (Wildman–Crippen MR) is 116 cm³/mol. The Bertz CT molecular complexity index is 646. The van der Waals surface area contributed by atoms with Gasteiger partial charge in [-0.05, 0) is 65.7 Å². The lowest BCUT2D eigenvalue weighted by Crippen LogP contribution is -2.06. The first kappa shape index (κ1) is 19.6. The van der Waals surface area contributed by atoms with E-state index in [9.17, 15) is 0 Å². The zero-order valence-electron chi connectivity index (χ0n) is 15.7. The molecule has 1 unspecified atom stereocenters. The minimum Gasteiger partial charge on any atom is -0.167 e. The summed E-state index contributed by atoms with van der Waals surface area (Å²) < 4.78 is 0. The molecule has 1 aliphatic carbocycles. The van der Waals surface area contributed by atoms with Gasteiger partial charge in [0.25, 0.3) is 0 Å². The third-order valence-corrected chi connectivity index (χ3v) is 8.26. The van der Waals surface area contributed by atoms with Crippen LogP contribution in [0.3, 0.4) is 0 Å². The maximum Gasteiger partial charge on any atom is -0.00239 e. The van der Waals surface area contributed by atoms with E-state index in [2.05, 4.69) is 98.2 Å². The summed E-state index contributed by atoms with van der Waals surface area (Å²) in [7, 11) is -1.13. The van der Waals surface area contributed by atoms with Gasteiger partial charge in [-0.1, -0.05) is 80.2 Å². The van der Waals surface area contributed by atoms with Gasteiger partial charge in [-0.3, -0.25) is 0 Å².